The van der Waals surface area contributed by atoms with Crippen LogP contribution in [0, 0.1) is 0 Å². The monoisotopic (exact) mass is 329 g/mol. The van der Waals surface area contributed by atoms with Gasteiger partial charge in [0, 0.05) is 19.2 Å². The van der Waals surface area contributed by atoms with Gasteiger partial charge in [0.25, 0.3) is 5.91 Å². The quantitative estimate of drug-likeness (QED) is 0.782. The van der Waals surface area contributed by atoms with Gasteiger partial charge in [-0.25, -0.2) is 0 Å². The van der Waals surface area contributed by atoms with Crippen molar-refractivity contribution in [1.82, 2.24) is 5.32 Å². The number of nitrogens with one attached hydrogen (secondary N) is 1. The fourth-order valence-electron chi connectivity index (χ4n) is 1.50. The summed E-state index contributed by atoms with van der Waals surface area (Å²) in [4.78, 5) is 12.0. The molecular formula is C14H20BrNO3. The number of benzene rings is 1. The Kier molecular flexibility index (Phi) is 6.87. The second kappa shape index (κ2) is 8.17. The molecule has 0 bridgehead atoms. The van der Waals surface area contributed by atoms with Crippen LogP contribution in [0.3, 0.4) is 0 Å². The van der Waals surface area contributed by atoms with E-state index in [9.17, 15) is 4.79 Å². The first-order chi connectivity index (χ1) is 9.02. The lowest BCUT2D eigenvalue weighted by molar-refractivity contribution is 0.0950. The van der Waals surface area contributed by atoms with Crippen LogP contribution in [-0.2, 0) is 4.74 Å². The molecule has 0 aromatic heterocycles. The smallest absolute Gasteiger partial charge is 0.251 e. The summed E-state index contributed by atoms with van der Waals surface area (Å²) < 4.78 is 10.5. The number of halogens is 1. The lowest BCUT2D eigenvalue weighted by Crippen LogP contribution is -2.31. The molecule has 0 heterocycles. The van der Waals surface area contributed by atoms with E-state index in [1.807, 2.05) is 13.8 Å². The van der Waals surface area contributed by atoms with Crippen LogP contribution in [0.2, 0.25) is 0 Å². The van der Waals surface area contributed by atoms with E-state index in [2.05, 4.69) is 21.2 Å². The first-order valence-corrected chi connectivity index (χ1v) is 7.12. The third kappa shape index (κ3) is 6.07. The molecule has 1 amide bonds. The maximum atomic E-state index is 11.9. The highest BCUT2D eigenvalue weighted by molar-refractivity contribution is 9.09. The Bertz CT molecular complexity index is 392. The number of carbonyl (C=O) groups excluding carboxylic acids is 1. The van der Waals surface area contributed by atoms with E-state index in [4.69, 9.17) is 9.47 Å². The summed E-state index contributed by atoms with van der Waals surface area (Å²) in [6.07, 6.45) is 0.128. The molecule has 1 N–H and O–H groups in total. The highest BCUT2D eigenvalue weighted by Crippen LogP contribution is 2.13. The highest BCUT2D eigenvalue weighted by atomic mass is 79.9. The fraction of sp³-hybridized carbons (Fsp3) is 0.500. The lowest BCUT2D eigenvalue weighted by atomic mass is 10.2. The standard InChI is InChI=1S/C14H20BrNO3/c1-10(2)19-13-6-4-11(5-7-13)14(17)16-8-12(15)9-18-3/h4-7,10,12H,8-9H2,1-3H3,(H,16,17). The zero-order chi connectivity index (χ0) is 14.3. The molecule has 1 aromatic rings. The summed E-state index contributed by atoms with van der Waals surface area (Å²) in [6, 6.07) is 7.12. The number of hydrogen-bond donors (Lipinski definition) is 1. The first kappa shape index (κ1) is 16.0. The molecule has 0 aliphatic rings. The van der Waals surface area contributed by atoms with E-state index in [-0.39, 0.29) is 16.8 Å². The predicted octanol–water partition coefficient (Wildman–Crippen LogP) is 2.61. The van der Waals surface area contributed by atoms with Crippen molar-refractivity contribution in [2.75, 3.05) is 20.3 Å². The normalized spacial score (nSPS) is 12.3. The molecule has 0 saturated carbocycles. The van der Waals surface area contributed by atoms with Gasteiger partial charge in [0.05, 0.1) is 17.5 Å². The van der Waals surface area contributed by atoms with Crippen molar-refractivity contribution in [2.45, 2.75) is 24.8 Å². The van der Waals surface area contributed by atoms with Gasteiger partial charge < -0.3 is 14.8 Å². The predicted molar refractivity (Wildman–Crippen MR) is 79.1 cm³/mol. The molecule has 1 aromatic carbocycles. The van der Waals surface area contributed by atoms with Gasteiger partial charge in [-0.1, -0.05) is 15.9 Å². The molecule has 0 aliphatic heterocycles. The van der Waals surface area contributed by atoms with E-state index in [1.54, 1.807) is 31.4 Å². The maximum Gasteiger partial charge on any atom is 0.251 e. The second-order valence-corrected chi connectivity index (χ2v) is 5.75. The van der Waals surface area contributed by atoms with E-state index in [1.165, 1.54) is 0 Å². The summed E-state index contributed by atoms with van der Waals surface area (Å²) in [7, 11) is 1.63. The summed E-state index contributed by atoms with van der Waals surface area (Å²) in [5, 5.41) is 2.84. The Morgan fingerprint density at radius 1 is 1.32 bits per heavy atom. The second-order valence-electron chi connectivity index (χ2n) is 4.45. The van der Waals surface area contributed by atoms with Gasteiger partial charge in [-0.2, -0.15) is 0 Å². The van der Waals surface area contributed by atoms with Crippen molar-refractivity contribution >= 4 is 21.8 Å². The number of hydrogen-bond acceptors (Lipinski definition) is 3. The first-order valence-electron chi connectivity index (χ1n) is 6.21. The molecule has 1 rings (SSSR count). The van der Waals surface area contributed by atoms with Crippen molar-refractivity contribution in [2.24, 2.45) is 0 Å². The molecule has 1 atom stereocenters. The molecule has 1 unspecified atom stereocenters. The topological polar surface area (TPSA) is 47.6 Å². The molecule has 19 heavy (non-hydrogen) atoms. The summed E-state index contributed by atoms with van der Waals surface area (Å²) in [5.41, 5.74) is 0.619. The largest absolute Gasteiger partial charge is 0.491 e. The number of rotatable bonds is 7. The van der Waals surface area contributed by atoms with Crippen LogP contribution in [0.4, 0.5) is 0 Å². The molecule has 0 radical (unpaired) electrons. The summed E-state index contributed by atoms with van der Waals surface area (Å²) in [6.45, 7) is 5.01. The van der Waals surface area contributed by atoms with Crippen LogP contribution >= 0.6 is 15.9 Å². The van der Waals surface area contributed by atoms with Crippen LogP contribution in [-0.4, -0.2) is 37.1 Å². The Morgan fingerprint density at radius 2 is 1.95 bits per heavy atom. The summed E-state index contributed by atoms with van der Waals surface area (Å²) >= 11 is 3.42. The van der Waals surface area contributed by atoms with Gasteiger partial charge in [0.15, 0.2) is 0 Å². The molecule has 0 spiro atoms. The SMILES string of the molecule is COCC(Br)CNC(=O)c1ccc(OC(C)C)cc1. The number of methoxy groups -OCH3 is 1. The van der Waals surface area contributed by atoms with Crippen molar-refractivity contribution in [1.29, 1.82) is 0 Å². The number of carbonyl (C=O) groups is 1. The van der Waals surface area contributed by atoms with Gasteiger partial charge in [-0.15, -0.1) is 0 Å². The average Bonchev–Trinajstić information content (AvgIpc) is 2.36. The highest BCUT2D eigenvalue weighted by Gasteiger charge is 2.09. The number of amides is 1. The average molecular weight is 330 g/mol. The minimum Gasteiger partial charge on any atom is -0.491 e. The minimum absolute atomic E-state index is 0.100. The van der Waals surface area contributed by atoms with Gasteiger partial charge >= 0.3 is 0 Å². The third-order valence-electron chi connectivity index (χ3n) is 2.32. The summed E-state index contributed by atoms with van der Waals surface area (Å²) in [5.74, 6) is 0.668. The van der Waals surface area contributed by atoms with Crippen LogP contribution in [0.15, 0.2) is 24.3 Å². The molecule has 5 heteroatoms. The third-order valence-corrected chi connectivity index (χ3v) is 2.91. The Balaban J connectivity index is 2.48. The Morgan fingerprint density at radius 3 is 2.47 bits per heavy atom. The van der Waals surface area contributed by atoms with E-state index >= 15 is 0 Å². The molecule has 4 nitrogen and oxygen atoms in total. The van der Waals surface area contributed by atoms with E-state index in [0.717, 1.165) is 5.75 Å². The van der Waals surface area contributed by atoms with E-state index < -0.39 is 0 Å². The number of ether oxygens (including phenoxy) is 2. The van der Waals surface area contributed by atoms with Gasteiger partial charge in [0.1, 0.15) is 5.75 Å². The van der Waals surface area contributed by atoms with E-state index in [0.29, 0.717) is 18.7 Å². The van der Waals surface area contributed by atoms with Crippen LogP contribution < -0.4 is 10.1 Å². The van der Waals surface area contributed by atoms with Gasteiger partial charge in [-0.3, -0.25) is 4.79 Å². The van der Waals surface area contributed by atoms with Crippen LogP contribution in [0.25, 0.3) is 0 Å². The van der Waals surface area contributed by atoms with Crippen molar-refractivity contribution in [3.05, 3.63) is 29.8 Å². The maximum absolute atomic E-state index is 11.9. The fourth-order valence-corrected chi connectivity index (χ4v) is 1.93. The molecule has 0 fully saturated rings. The molecule has 0 saturated heterocycles. The van der Waals surface area contributed by atoms with Gasteiger partial charge in [0.2, 0.25) is 0 Å². The lowest BCUT2D eigenvalue weighted by Gasteiger charge is -2.11. The molecule has 0 aliphatic carbocycles. The zero-order valence-electron chi connectivity index (χ0n) is 11.5. The van der Waals surface area contributed by atoms with Crippen molar-refractivity contribution in [3.8, 4) is 5.75 Å². The Hall–Kier alpha value is -1.07. The Labute approximate surface area is 122 Å². The van der Waals surface area contributed by atoms with Crippen molar-refractivity contribution < 1.29 is 14.3 Å². The van der Waals surface area contributed by atoms with Crippen molar-refractivity contribution in [3.63, 3.8) is 0 Å². The molecular weight excluding hydrogens is 310 g/mol. The van der Waals surface area contributed by atoms with Crippen LogP contribution in [0.1, 0.15) is 24.2 Å². The molecule has 106 valence electrons. The zero-order valence-corrected chi connectivity index (χ0v) is 13.1. The number of alkyl halides is 1. The van der Waals surface area contributed by atoms with Crippen LogP contribution in [0.5, 0.6) is 5.75 Å². The minimum atomic E-state index is -0.100. The van der Waals surface area contributed by atoms with Gasteiger partial charge in [-0.05, 0) is 38.1 Å².